The lowest BCUT2D eigenvalue weighted by atomic mass is 9.77. The monoisotopic (exact) mass is 282 g/mol. The summed E-state index contributed by atoms with van der Waals surface area (Å²) in [6.45, 7) is 0.853. The van der Waals surface area contributed by atoms with Gasteiger partial charge in [-0.2, -0.15) is 11.8 Å². The van der Waals surface area contributed by atoms with Crippen LogP contribution in [0.2, 0.25) is 0 Å². The van der Waals surface area contributed by atoms with Crippen LogP contribution in [0.3, 0.4) is 0 Å². The lowest BCUT2D eigenvalue weighted by molar-refractivity contribution is -0.107. The van der Waals surface area contributed by atoms with Crippen LogP contribution in [0.5, 0.6) is 0 Å². The second kappa shape index (κ2) is 5.87. The molecule has 0 amide bonds. The molecular formula is C14H22N2O2S. The van der Waals surface area contributed by atoms with E-state index in [1.54, 1.807) is 12.5 Å². The van der Waals surface area contributed by atoms with E-state index in [-0.39, 0.29) is 11.6 Å². The zero-order chi connectivity index (χ0) is 13.1. The van der Waals surface area contributed by atoms with Crippen molar-refractivity contribution >= 4 is 11.8 Å². The summed E-state index contributed by atoms with van der Waals surface area (Å²) in [5.74, 6) is 8.75. The van der Waals surface area contributed by atoms with Crippen molar-refractivity contribution in [2.75, 3.05) is 18.1 Å². The first-order chi connectivity index (χ1) is 9.33. The van der Waals surface area contributed by atoms with Crippen molar-refractivity contribution in [3.8, 4) is 0 Å². The van der Waals surface area contributed by atoms with Crippen LogP contribution < -0.4 is 11.3 Å². The van der Waals surface area contributed by atoms with E-state index in [9.17, 15) is 0 Å². The maximum atomic E-state index is 6.14. The topological polar surface area (TPSA) is 60.4 Å². The minimum absolute atomic E-state index is 0.104. The molecule has 2 atom stereocenters. The van der Waals surface area contributed by atoms with Gasteiger partial charge in [0.15, 0.2) is 0 Å². The molecule has 2 fully saturated rings. The van der Waals surface area contributed by atoms with Crippen molar-refractivity contribution in [3.63, 3.8) is 0 Å². The zero-order valence-electron chi connectivity index (χ0n) is 11.1. The quantitative estimate of drug-likeness (QED) is 0.659. The molecule has 2 saturated heterocycles. The number of nitrogens with one attached hydrogen (secondary N) is 1. The van der Waals surface area contributed by atoms with Gasteiger partial charge in [-0.3, -0.25) is 11.3 Å². The van der Waals surface area contributed by atoms with E-state index in [2.05, 4.69) is 5.43 Å². The van der Waals surface area contributed by atoms with Crippen LogP contribution >= 0.6 is 11.8 Å². The third-order valence-corrected chi connectivity index (χ3v) is 5.47. The Morgan fingerprint density at radius 3 is 2.95 bits per heavy atom. The highest BCUT2D eigenvalue weighted by atomic mass is 32.2. The molecule has 106 valence electrons. The van der Waals surface area contributed by atoms with E-state index in [1.807, 2.05) is 17.8 Å². The van der Waals surface area contributed by atoms with E-state index >= 15 is 0 Å². The Balaban J connectivity index is 1.73. The van der Waals surface area contributed by atoms with Crippen LogP contribution in [0, 0.1) is 5.92 Å². The molecule has 1 spiro atoms. The van der Waals surface area contributed by atoms with Crippen LogP contribution in [0.25, 0.3) is 0 Å². The largest absolute Gasteiger partial charge is 0.472 e. The van der Waals surface area contributed by atoms with Crippen LogP contribution in [0.1, 0.15) is 37.3 Å². The molecule has 1 aromatic heterocycles. The van der Waals surface area contributed by atoms with Gasteiger partial charge >= 0.3 is 0 Å². The molecular weight excluding hydrogens is 260 g/mol. The van der Waals surface area contributed by atoms with Crippen molar-refractivity contribution in [2.24, 2.45) is 11.8 Å². The molecule has 19 heavy (non-hydrogen) atoms. The van der Waals surface area contributed by atoms with Gasteiger partial charge in [0.05, 0.1) is 24.2 Å². The van der Waals surface area contributed by atoms with Crippen molar-refractivity contribution in [1.82, 2.24) is 5.43 Å². The van der Waals surface area contributed by atoms with Gasteiger partial charge in [-0.05, 0) is 49.2 Å². The van der Waals surface area contributed by atoms with Crippen LogP contribution in [0.15, 0.2) is 23.0 Å². The van der Waals surface area contributed by atoms with Gasteiger partial charge in [-0.25, -0.2) is 0 Å². The summed E-state index contributed by atoms with van der Waals surface area (Å²) >= 11 is 2.04. The molecule has 0 aliphatic carbocycles. The Morgan fingerprint density at radius 2 is 2.26 bits per heavy atom. The molecule has 2 aliphatic rings. The molecule has 0 bridgehead atoms. The van der Waals surface area contributed by atoms with Crippen LogP contribution in [0.4, 0.5) is 0 Å². The Bertz CT molecular complexity index is 385. The van der Waals surface area contributed by atoms with E-state index in [1.165, 1.54) is 24.3 Å². The smallest absolute Gasteiger partial charge is 0.0950 e. The third kappa shape index (κ3) is 2.84. The first kappa shape index (κ1) is 13.5. The van der Waals surface area contributed by atoms with E-state index in [0.29, 0.717) is 5.92 Å². The molecule has 0 radical (unpaired) electrons. The van der Waals surface area contributed by atoms with Gasteiger partial charge in [0.1, 0.15) is 0 Å². The van der Waals surface area contributed by atoms with E-state index in [0.717, 1.165) is 25.0 Å². The number of hydrogen-bond donors (Lipinski definition) is 2. The molecule has 2 unspecified atom stereocenters. The fraction of sp³-hybridized carbons (Fsp3) is 0.714. The predicted molar refractivity (Wildman–Crippen MR) is 76.7 cm³/mol. The van der Waals surface area contributed by atoms with Gasteiger partial charge < -0.3 is 9.15 Å². The Kier molecular flexibility index (Phi) is 4.17. The number of thioether (sulfide) groups is 1. The van der Waals surface area contributed by atoms with Gasteiger partial charge in [0, 0.05) is 12.2 Å². The standard InChI is InChI=1S/C14H22N2O2S/c15-16-13(12-1-5-17-10-12)11-2-6-18-14(9-11)3-7-19-8-4-14/h1,5,10-11,13,16H,2-4,6-9,15H2. The summed E-state index contributed by atoms with van der Waals surface area (Å²) in [6, 6.07) is 2.18. The Hall–Kier alpha value is -0.490. The molecule has 1 aromatic rings. The lowest BCUT2D eigenvalue weighted by Crippen LogP contribution is -2.46. The maximum absolute atomic E-state index is 6.14. The molecule has 0 aromatic carbocycles. The van der Waals surface area contributed by atoms with Crippen molar-refractivity contribution in [2.45, 2.75) is 37.3 Å². The average molecular weight is 282 g/mol. The lowest BCUT2D eigenvalue weighted by Gasteiger charge is -2.45. The van der Waals surface area contributed by atoms with Crippen molar-refractivity contribution in [1.29, 1.82) is 0 Å². The fourth-order valence-corrected chi connectivity index (χ4v) is 4.64. The predicted octanol–water partition coefficient (Wildman–Crippen LogP) is 2.48. The van der Waals surface area contributed by atoms with E-state index in [4.69, 9.17) is 15.0 Å². The highest BCUT2D eigenvalue weighted by molar-refractivity contribution is 7.99. The number of furan rings is 1. The molecule has 3 N–H and O–H groups in total. The van der Waals surface area contributed by atoms with Crippen LogP contribution in [-0.4, -0.2) is 23.7 Å². The highest BCUT2D eigenvalue weighted by Gasteiger charge is 2.41. The third-order valence-electron chi connectivity index (χ3n) is 4.49. The molecule has 5 heteroatoms. The minimum Gasteiger partial charge on any atom is -0.472 e. The fourth-order valence-electron chi connectivity index (χ4n) is 3.40. The first-order valence-electron chi connectivity index (χ1n) is 7.03. The highest BCUT2D eigenvalue weighted by Crippen LogP contribution is 2.43. The van der Waals surface area contributed by atoms with Gasteiger partial charge in [0.2, 0.25) is 0 Å². The Morgan fingerprint density at radius 1 is 1.42 bits per heavy atom. The summed E-state index contributed by atoms with van der Waals surface area (Å²) in [5, 5.41) is 0. The number of ether oxygens (including phenoxy) is 1. The molecule has 0 saturated carbocycles. The molecule has 2 aliphatic heterocycles. The SMILES string of the molecule is NNC(c1ccoc1)C1CCOC2(CCSCC2)C1. The number of hydrazine groups is 1. The number of rotatable bonds is 3. The minimum atomic E-state index is 0.104. The second-order valence-corrected chi connectivity index (χ2v) is 6.82. The van der Waals surface area contributed by atoms with Crippen molar-refractivity contribution < 1.29 is 9.15 Å². The normalized spacial score (nSPS) is 28.4. The zero-order valence-corrected chi connectivity index (χ0v) is 12.0. The average Bonchev–Trinajstić information content (AvgIpc) is 2.95. The van der Waals surface area contributed by atoms with Gasteiger partial charge in [0.25, 0.3) is 0 Å². The summed E-state index contributed by atoms with van der Waals surface area (Å²) < 4.78 is 11.3. The second-order valence-electron chi connectivity index (χ2n) is 5.60. The van der Waals surface area contributed by atoms with Crippen LogP contribution in [-0.2, 0) is 4.74 Å². The number of hydrogen-bond acceptors (Lipinski definition) is 5. The maximum Gasteiger partial charge on any atom is 0.0950 e. The number of nitrogens with two attached hydrogens (primary N) is 1. The van der Waals surface area contributed by atoms with Crippen molar-refractivity contribution in [3.05, 3.63) is 24.2 Å². The summed E-state index contributed by atoms with van der Waals surface area (Å²) in [7, 11) is 0. The van der Waals surface area contributed by atoms with Gasteiger partial charge in [-0.15, -0.1) is 0 Å². The van der Waals surface area contributed by atoms with E-state index < -0.39 is 0 Å². The first-order valence-corrected chi connectivity index (χ1v) is 8.18. The molecule has 4 nitrogen and oxygen atoms in total. The summed E-state index contributed by atoms with van der Waals surface area (Å²) in [5.41, 5.74) is 4.23. The summed E-state index contributed by atoms with van der Waals surface area (Å²) in [4.78, 5) is 0. The molecule has 3 heterocycles. The van der Waals surface area contributed by atoms with Gasteiger partial charge in [-0.1, -0.05) is 0 Å². The molecule has 3 rings (SSSR count). The summed E-state index contributed by atoms with van der Waals surface area (Å²) in [6.07, 6.45) is 8.03. The Labute approximate surface area is 118 Å².